The molecule has 9 nitrogen and oxygen atoms in total. The SMILES string of the molecule is CC/C=C\C/C=C\C/C=C\C/C=C\C/C=C\C/C=C\C/C=C\C/C=C\C/C=C\CCCCCCCCCCCCCC(=O)OC(COC(=O)CCCCCCCCCCCCCC/C=C\C/C=C\C/C=C\C/C=C\CC)COC(OCC[N+](C)(C)C)C(=O)O. The van der Waals surface area contributed by atoms with Gasteiger partial charge in [-0.05, 0) is 122 Å². The van der Waals surface area contributed by atoms with Gasteiger partial charge >= 0.3 is 17.9 Å². The van der Waals surface area contributed by atoms with Crippen LogP contribution in [0.3, 0.4) is 0 Å². The molecular formula is C80H132NO8+. The van der Waals surface area contributed by atoms with Gasteiger partial charge in [0, 0.05) is 12.8 Å². The zero-order valence-electron chi connectivity index (χ0n) is 57.5. The van der Waals surface area contributed by atoms with Crippen LogP contribution in [0, 0.1) is 0 Å². The lowest BCUT2D eigenvalue weighted by molar-refractivity contribution is -0.870. The largest absolute Gasteiger partial charge is 0.477 e. The molecule has 0 saturated heterocycles. The number of unbranched alkanes of at least 4 members (excludes halogenated alkanes) is 23. The van der Waals surface area contributed by atoms with E-state index in [2.05, 4.69) is 172 Å². The number of carbonyl (C=O) groups is 3. The number of rotatable bonds is 64. The molecule has 0 rings (SSSR count). The molecular weight excluding hydrogens is 1100 g/mol. The van der Waals surface area contributed by atoms with Crippen LogP contribution in [0.4, 0.5) is 0 Å². The molecule has 2 unspecified atom stereocenters. The Morgan fingerprint density at radius 2 is 0.607 bits per heavy atom. The first kappa shape index (κ1) is 83.9. The first-order valence-electron chi connectivity index (χ1n) is 35.6. The summed E-state index contributed by atoms with van der Waals surface area (Å²) in [7, 11) is 5.97. The van der Waals surface area contributed by atoms with Crippen LogP contribution in [-0.4, -0.2) is 87.4 Å². The van der Waals surface area contributed by atoms with Crippen molar-refractivity contribution in [1.29, 1.82) is 0 Å². The third-order valence-corrected chi connectivity index (χ3v) is 14.8. The predicted molar refractivity (Wildman–Crippen MR) is 382 cm³/mol. The van der Waals surface area contributed by atoms with E-state index in [0.29, 0.717) is 23.9 Å². The number of quaternary nitrogens is 1. The van der Waals surface area contributed by atoms with Crippen molar-refractivity contribution in [1.82, 2.24) is 0 Å². The molecule has 0 aliphatic carbocycles. The molecule has 0 amide bonds. The summed E-state index contributed by atoms with van der Waals surface area (Å²) in [6, 6.07) is 0. The van der Waals surface area contributed by atoms with Crippen LogP contribution < -0.4 is 0 Å². The van der Waals surface area contributed by atoms with Gasteiger partial charge in [-0.1, -0.05) is 294 Å². The van der Waals surface area contributed by atoms with E-state index in [9.17, 15) is 19.5 Å². The van der Waals surface area contributed by atoms with Crippen LogP contribution in [0.15, 0.2) is 158 Å². The number of nitrogens with zero attached hydrogens (tertiary/aromatic N) is 1. The number of carboxylic acid groups (broad SMARTS) is 1. The van der Waals surface area contributed by atoms with Gasteiger partial charge in [0.15, 0.2) is 6.10 Å². The van der Waals surface area contributed by atoms with E-state index in [1.807, 2.05) is 21.1 Å². The normalized spacial score (nSPS) is 13.7. The highest BCUT2D eigenvalue weighted by atomic mass is 16.7. The molecule has 0 aromatic rings. The maximum atomic E-state index is 13.0. The Balaban J connectivity index is 4.15. The highest BCUT2D eigenvalue weighted by Gasteiger charge is 2.25. The van der Waals surface area contributed by atoms with Gasteiger partial charge in [0.2, 0.25) is 0 Å². The van der Waals surface area contributed by atoms with Crippen LogP contribution in [0.5, 0.6) is 0 Å². The van der Waals surface area contributed by atoms with Crippen molar-refractivity contribution in [3.63, 3.8) is 0 Å². The molecule has 0 aromatic carbocycles. The Morgan fingerprint density at radius 3 is 0.899 bits per heavy atom. The highest BCUT2D eigenvalue weighted by molar-refractivity contribution is 5.71. The summed E-state index contributed by atoms with van der Waals surface area (Å²) in [5.74, 6) is -2.02. The summed E-state index contributed by atoms with van der Waals surface area (Å²) in [6.07, 6.45) is 99.2. The van der Waals surface area contributed by atoms with E-state index >= 15 is 0 Å². The number of carbonyl (C=O) groups excluding carboxylic acids is 2. The number of aliphatic carboxylic acids is 1. The van der Waals surface area contributed by atoms with Crippen LogP contribution in [0.1, 0.15) is 271 Å². The first-order chi connectivity index (χ1) is 43.6. The fourth-order valence-corrected chi connectivity index (χ4v) is 9.41. The van der Waals surface area contributed by atoms with Gasteiger partial charge in [0.25, 0.3) is 6.29 Å². The van der Waals surface area contributed by atoms with E-state index in [1.54, 1.807) is 0 Å². The van der Waals surface area contributed by atoms with E-state index < -0.39 is 24.3 Å². The third-order valence-electron chi connectivity index (χ3n) is 14.8. The lowest BCUT2D eigenvalue weighted by atomic mass is 10.0. The molecule has 0 aliphatic heterocycles. The minimum Gasteiger partial charge on any atom is -0.477 e. The Morgan fingerprint density at radius 1 is 0.337 bits per heavy atom. The van der Waals surface area contributed by atoms with Gasteiger partial charge in [-0.2, -0.15) is 0 Å². The molecule has 0 radical (unpaired) electrons. The first-order valence-corrected chi connectivity index (χ1v) is 35.6. The zero-order chi connectivity index (χ0) is 64.7. The molecule has 0 aliphatic rings. The van der Waals surface area contributed by atoms with Gasteiger partial charge in [-0.15, -0.1) is 0 Å². The zero-order valence-corrected chi connectivity index (χ0v) is 57.5. The summed E-state index contributed by atoms with van der Waals surface area (Å²) in [5.41, 5.74) is 0. The lowest BCUT2D eigenvalue weighted by Crippen LogP contribution is -2.40. The third kappa shape index (κ3) is 70.2. The number of hydrogen-bond donors (Lipinski definition) is 1. The van der Waals surface area contributed by atoms with Gasteiger partial charge in [-0.25, -0.2) is 4.79 Å². The molecule has 1 N–H and O–H groups in total. The number of hydrogen-bond acceptors (Lipinski definition) is 7. The average Bonchev–Trinajstić information content (AvgIpc) is 3.64. The molecule has 0 fully saturated rings. The quantitative estimate of drug-likeness (QED) is 0.0211. The van der Waals surface area contributed by atoms with Crippen molar-refractivity contribution in [3.05, 3.63) is 158 Å². The second-order valence-electron chi connectivity index (χ2n) is 24.4. The Hall–Kier alpha value is -5.09. The van der Waals surface area contributed by atoms with Crippen molar-refractivity contribution in [2.75, 3.05) is 47.5 Å². The molecule has 0 spiro atoms. The second kappa shape index (κ2) is 68.8. The van der Waals surface area contributed by atoms with E-state index in [4.69, 9.17) is 18.9 Å². The molecule has 504 valence electrons. The van der Waals surface area contributed by atoms with Crippen molar-refractivity contribution in [2.24, 2.45) is 0 Å². The minimum absolute atomic E-state index is 0.180. The van der Waals surface area contributed by atoms with Gasteiger partial charge < -0.3 is 28.5 Å². The Kier molecular flexibility index (Phi) is 64.9. The van der Waals surface area contributed by atoms with Crippen molar-refractivity contribution < 1.29 is 42.9 Å². The predicted octanol–water partition coefficient (Wildman–Crippen LogP) is 22.5. The lowest BCUT2D eigenvalue weighted by Gasteiger charge is -2.25. The van der Waals surface area contributed by atoms with Crippen molar-refractivity contribution >= 4 is 17.9 Å². The van der Waals surface area contributed by atoms with Crippen LogP contribution >= 0.6 is 0 Å². The number of allylic oxidation sites excluding steroid dienone is 26. The number of carboxylic acids is 1. The Bertz CT molecular complexity index is 2020. The van der Waals surface area contributed by atoms with Crippen molar-refractivity contribution in [2.45, 2.75) is 283 Å². The van der Waals surface area contributed by atoms with Crippen LogP contribution in [-0.2, 0) is 33.3 Å². The topological polar surface area (TPSA) is 108 Å². The second-order valence-corrected chi connectivity index (χ2v) is 24.4. The monoisotopic (exact) mass is 1230 g/mol. The molecule has 0 aromatic heterocycles. The fraction of sp³-hybridized carbons (Fsp3) is 0.637. The number of ether oxygens (including phenoxy) is 4. The average molecular weight is 1240 g/mol. The van der Waals surface area contributed by atoms with Crippen LogP contribution in [0.25, 0.3) is 0 Å². The smallest absolute Gasteiger partial charge is 0.361 e. The van der Waals surface area contributed by atoms with E-state index in [1.165, 1.54) is 109 Å². The summed E-state index contributed by atoms with van der Waals surface area (Å²) in [4.78, 5) is 37.6. The number of likely N-dealkylation sites (N-methyl/N-ethyl adjacent to an activating group) is 1. The van der Waals surface area contributed by atoms with E-state index in [-0.39, 0.29) is 32.2 Å². The van der Waals surface area contributed by atoms with Gasteiger partial charge in [-0.3, -0.25) is 9.59 Å². The summed E-state index contributed by atoms with van der Waals surface area (Å²) in [5, 5.41) is 9.75. The molecule has 0 bridgehead atoms. The van der Waals surface area contributed by atoms with Crippen molar-refractivity contribution in [3.8, 4) is 0 Å². The van der Waals surface area contributed by atoms with Gasteiger partial charge in [0.1, 0.15) is 13.2 Å². The molecule has 2 atom stereocenters. The molecule has 89 heavy (non-hydrogen) atoms. The molecule has 9 heteroatoms. The molecule has 0 saturated carbocycles. The van der Waals surface area contributed by atoms with Gasteiger partial charge in [0.05, 0.1) is 34.4 Å². The van der Waals surface area contributed by atoms with Crippen LogP contribution in [0.2, 0.25) is 0 Å². The van der Waals surface area contributed by atoms with E-state index in [0.717, 1.165) is 128 Å². The standard InChI is InChI=1S/C80H131NO8/c1-6-8-10-12-14-16-18-20-22-24-26-28-30-32-33-34-35-36-37-38-39-40-41-42-43-44-45-47-49-51-53-55-57-59-61-63-65-67-69-71-78(83)89-76(75-88-80(79(84)85)86-73-72-81(3,4)5)74-87-77(82)70-68-66-64-62-60-58-56-54-52-50-48-46-31-29-27-25-23-21-19-17-15-13-11-9-7-2/h8-11,14-17,20-23,26-29,32-33,35-36,38-39,41-42,44-45,76,80H,6-7,12-13,18-19,24-25,30-31,34,37,40,43,46-75H2,1-5H3/p+1/b10-8-,11-9-,16-14-,17-15-,22-20-,23-21-,28-26-,29-27-,33-32-,36-35-,39-38-,42-41-,45-44-. The summed E-state index contributed by atoms with van der Waals surface area (Å²) >= 11 is 0. The highest BCUT2D eigenvalue weighted by Crippen LogP contribution is 2.16. The maximum absolute atomic E-state index is 13.0. The Labute approximate surface area is 546 Å². The molecule has 0 heterocycles. The summed E-state index contributed by atoms with van der Waals surface area (Å²) < 4.78 is 23.0. The number of esters is 2. The summed E-state index contributed by atoms with van der Waals surface area (Å²) in [6.45, 7) is 4.65. The maximum Gasteiger partial charge on any atom is 0.361 e. The minimum atomic E-state index is -1.52. The fourth-order valence-electron chi connectivity index (χ4n) is 9.41.